The summed E-state index contributed by atoms with van der Waals surface area (Å²) in [5.74, 6) is 1.65. The molecule has 1 N–H and O–H groups in total. The van der Waals surface area contributed by atoms with Gasteiger partial charge < -0.3 is 10.1 Å². The van der Waals surface area contributed by atoms with E-state index in [0.717, 1.165) is 27.6 Å². The highest BCUT2D eigenvalue weighted by Crippen LogP contribution is 2.32. The Bertz CT molecular complexity index is 918. The summed E-state index contributed by atoms with van der Waals surface area (Å²) in [6, 6.07) is 14.4. The van der Waals surface area contributed by atoms with Crippen LogP contribution in [0.1, 0.15) is 18.1 Å². The van der Waals surface area contributed by atoms with Crippen molar-refractivity contribution in [2.24, 2.45) is 0 Å². The number of carbonyl (C=O) groups is 1. The summed E-state index contributed by atoms with van der Waals surface area (Å²) in [4.78, 5) is 12.7. The number of benzene rings is 2. The lowest BCUT2D eigenvalue weighted by molar-refractivity contribution is -0.121. The van der Waals surface area contributed by atoms with Crippen LogP contribution in [0.4, 0.5) is 5.69 Å². The molecule has 29 heavy (non-hydrogen) atoms. The SMILES string of the molecule is COc1ccc(C)cc1N([C@@H](C)C(=O)NCCSCc1ccccc1)S(C)(=O)=O. The van der Waals surface area contributed by atoms with Crippen LogP contribution >= 0.6 is 11.8 Å². The Morgan fingerprint density at radius 2 is 1.90 bits per heavy atom. The topological polar surface area (TPSA) is 75.7 Å². The van der Waals surface area contributed by atoms with Crippen LogP contribution in [-0.2, 0) is 20.6 Å². The Morgan fingerprint density at radius 3 is 2.52 bits per heavy atom. The fraction of sp³-hybridized carbons (Fsp3) is 0.381. The number of aryl methyl sites for hydroxylation is 1. The van der Waals surface area contributed by atoms with Gasteiger partial charge in [0.15, 0.2) is 0 Å². The highest BCUT2D eigenvalue weighted by molar-refractivity contribution is 7.98. The van der Waals surface area contributed by atoms with Crippen LogP contribution in [0.3, 0.4) is 0 Å². The second kappa shape index (κ2) is 10.5. The molecule has 0 saturated carbocycles. The van der Waals surface area contributed by atoms with Gasteiger partial charge in [-0.3, -0.25) is 9.10 Å². The van der Waals surface area contributed by atoms with Gasteiger partial charge in [0, 0.05) is 18.1 Å². The third-order valence-electron chi connectivity index (χ3n) is 4.32. The molecule has 8 heteroatoms. The van der Waals surface area contributed by atoms with E-state index in [4.69, 9.17) is 4.74 Å². The third kappa shape index (κ3) is 6.68. The molecule has 0 aliphatic carbocycles. The number of hydrogen-bond donors (Lipinski definition) is 1. The minimum atomic E-state index is -3.70. The summed E-state index contributed by atoms with van der Waals surface area (Å²) in [5.41, 5.74) is 2.46. The molecule has 0 aliphatic heterocycles. The molecule has 0 aliphatic rings. The summed E-state index contributed by atoms with van der Waals surface area (Å²) in [6.45, 7) is 3.90. The predicted molar refractivity (Wildman–Crippen MR) is 120 cm³/mol. The lowest BCUT2D eigenvalue weighted by atomic mass is 10.2. The molecule has 2 aromatic carbocycles. The maximum Gasteiger partial charge on any atom is 0.243 e. The van der Waals surface area contributed by atoms with Gasteiger partial charge in [0.05, 0.1) is 19.1 Å². The molecule has 1 amide bonds. The molecule has 0 bridgehead atoms. The molecule has 0 saturated heterocycles. The lowest BCUT2D eigenvalue weighted by Gasteiger charge is -2.29. The zero-order chi connectivity index (χ0) is 21.4. The van der Waals surface area contributed by atoms with Crippen molar-refractivity contribution >= 4 is 33.4 Å². The number of carbonyl (C=O) groups excluding carboxylic acids is 1. The highest BCUT2D eigenvalue weighted by atomic mass is 32.2. The predicted octanol–water partition coefficient (Wildman–Crippen LogP) is 3.21. The van der Waals surface area contributed by atoms with Crippen LogP contribution in [0.2, 0.25) is 0 Å². The molecule has 0 fully saturated rings. The largest absolute Gasteiger partial charge is 0.495 e. The fourth-order valence-corrected chi connectivity index (χ4v) is 4.90. The van der Waals surface area contributed by atoms with Gasteiger partial charge >= 0.3 is 0 Å². The molecule has 158 valence electrons. The van der Waals surface area contributed by atoms with Gasteiger partial charge in [-0.1, -0.05) is 36.4 Å². The Balaban J connectivity index is 2.01. The number of hydrogen-bond acceptors (Lipinski definition) is 5. The first kappa shape index (κ1) is 23.1. The van der Waals surface area contributed by atoms with E-state index < -0.39 is 16.1 Å². The third-order valence-corrected chi connectivity index (χ3v) is 6.58. The molecule has 0 radical (unpaired) electrons. The van der Waals surface area contributed by atoms with Gasteiger partial charge in [-0.25, -0.2) is 8.42 Å². The minimum absolute atomic E-state index is 0.348. The van der Waals surface area contributed by atoms with E-state index >= 15 is 0 Å². The molecule has 2 rings (SSSR count). The number of amides is 1. The number of thioether (sulfide) groups is 1. The van der Waals surface area contributed by atoms with Crippen molar-refractivity contribution < 1.29 is 17.9 Å². The van der Waals surface area contributed by atoms with E-state index in [-0.39, 0.29) is 5.91 Å². The highest BCUT2D eigenvalue weighted by Gasteiger charge is 2.31. The number of ether oxygens (including phenoxy) is 1. The molecule has 1 atom stereocenters. The van der Waals surface area contributed by atoms with Crippen molar-refractivity contribution in [1.29, 1.82) is 0 Å². The van der Waals surface area contributed by atoms with Crippen molar-refractivity contribution in [3.63, 3.8) is 0 Å². The molecule has 6 nitrogen and oxygen atoms in total. The van der Waals surface area contributed by atoms with E-state index in [2.05, 4.69) is 17.4 Å². The zero-order valence-electron chi connectivity index (χ0n) is 17.2. The molecule has 0 aromatic heterocycles. The van der Waals surface area contributed by atoms with Gasteiger partial charge in [0.1, 0.15) is 11.8 Å². The zero-order valence-corrected chi connectivity index (χ0v) is 18.8. The van der Waals surface area contributed by atoms with Gasteiger partial charge in [-0.05, 0) is 37.1 Å². The second-order valence-corrected chi connectivity index (χ2v) is 9.70. The van der Waals surface area contributed by atoms with Crippen LogP contribution < -0.4 is 14.4 Å². The van der Waals surface area contributed by atoms with E-state index in [0.29, 0.717) is 18.0 Å². The average Bonchev–Trinajstić information content (AvgIpc) is 2.67. The van der Waals surface area contributed by atoms with E-state index in [1.54, 1.807) is 30.8 Å². The number of rotatable bonds is 10. The van der Waals surface area contributed by atoms with Crippen LogP contribution in [0.25, 0.3) is 0 Å². The van der Waals surface area contributed by atoms with E-state index in [1.807, 2.05) is 31.2 Å². The number of sulfonamides is 1. The number of nitrogens with zero attached hydrogens (tertiary/aromatic N) is 1. The molecule has 0 heterocycles. The van der Waals surface area contributed by atoms with Gasteiger partial charge in [-0.15, -0.1) is 0 Å². The van der Waals surface area contributed by atoms with Crippen LogP contribution in [0.5, 0.6) is 5.75 Å². The number of nitrogens with one attached hydrogen (secondary N) is 1. The monoisotopic (exact) mass is 436 g/mol. The lowest BCUT2D eigenvalue weighted by Crippen LogP contribution is -2.48. The Kier molecular flexibility index (Phi) is 8.40. The second-order valence-electron chi connectivity index (χ2n) is 6.74. The minimum Gasteiger partial charge on any atom is -0.495 e. The van der Waals surface area contributed by atoms with Crippen molar-refractivity contribution in [1.82, 2.24) is 5.32 Å². The molecule has 0 unspecified atom stereocenters. The first-order chi connectivity index (χ1) is 13.7. The van der Waals surface area contributed by atoms with E-state index in [9.17, 15) is 13.2 Å². The van der Waals surface area contributed by atoms with Gasteiger partial charge in [0.2, 0.25) is 15.9 Å². The quantitative estimate of drug-likeness (QED) is 0.579. The van der Waals surface area contributed by atoms with Crippen LogP contribution in [0, 0.1) is 6.92 Å². The maximum atomic E-state index is 12.7. The van der Waals surface area contributed by atoms with Crippen LogP contribution in [-0.4, -0.2) is 46.0 Å². The Hall–Kier alpha value is -2.19. The standard InChI is InChI=1S/C21H28N2O4S2/c1-16-10-11-20(27-3)19(14-16)23(29(4,25)26)17(2)21(24)22-12-13-28-15-18-8-6-5-7-9-18/h5-11,14,17H,12-13,15H2,1-4H3,(H,22,24)/t17-/m0/s1. The van der Waals surface area contributed by atoms with Crippen molar-refractivity contribution in [3.05, 3.63) is 59.7 Å². The maximum absolute atomic E-state index is 12.7. The van der Waals surface area contributed by atoms with Gasteiger partial charge in [0.25, 0.3) is 0 Å². The average molecular weight is 437 g/mol. The molecule has 2 aromatic rings. The first-order valence-electron chi connectivity index (χ1n) is 9.27. The van der Waals surface area contributed by atoms with Crippen molar-refractivity contribution in [2.45, 2.75) is 25.6 Å². The van der Waals surface area contributed by atoms with E-state index in [1.165, 1.54) is 12.7 Å². The number of anilines is 1. The number of methoxy groups -OCH3 is 1. The smallest absolute Gasteiger partial charge is 0.243 e. The first-order valence-corrected chi connectivity index (χ1v) is 12.3. The molecule has 0 spiro atoms. The summed E-state index contributed by atoms with van der Waals surface area (Å²) in [7, 11) is -2.22. The summed E-state index contributed by atoms with van der Waals surface area (Å²) in [6.07, 6.45) is 1.09. The molecular formula is C21H28N2O4S2. The molecular weight excluding hydrogens is 408 g/mol. The van der Waals surface area contributed by atoms with Crippen LogP contribution in [0.15, 0.2) is 48.5 Å². The van der Waals surface area contributed by atoms with Crippen molar-refractivity contribution in [3.8, 4) is 5.75 Å². The Labute approximate surface area is 177 Å². The Morgan fingerprint density at radius 1 is 1.21 bits per heavy atom. The summed E-state index contributed by atoms with van der Waals surface area (Å²) >= 11 is 1.71. The van der Waals surface area contributed by atoms with Gasteiger partial charge in [-0.2, -0.15) is 11.8 Å². The summed E-state index contributed by atoms with van der Waals surface area (Å²) in [5, 5.41) is 2.84. The fourth-order valence-electron chi connectivity index (χ4n) is 2.91. The van der Waals surface area contributed by atoms with Crippen molar-refractivity contribution in [2.75, 3.05) is 30.0 Å². The normalized spacial score (nSPS) is 12.3. The summed E-state index contributed by atoms with van der Waals surface area (Å²) < 4.78 is 31.4.